The summed E-state index contributed by atoms with van der Waals surface area (Å²) in [6.07, 6.45) is 4.07. The van der Waals surface area contributed by atoms with E-state index in [2.05, 4.69) is 20.8 Å². The van der Waals surface area contributed by atoms with E-state index in [0.717, 1.165) is 25.7 Å². The molecule has 3 heteroatoms. The summed E-state index contributed by atoms with van der Waals surface area (Å²) in [6, 6.07) is 0.573. The number of hydrogen-bond acceptors (Lipinski definition) is 2. The van der Waals surface area contributed by atoms with E-state index < -0.39 is 0 Å². The predicted octanol–water partition coefficient (Wildman–Crippen LogP) is 1.94. The van der Waals surface area contributed by atoms with Gasteiger partial charge >= 0.3 is 0 Å². The number of rotatable bonds is 1. The molecule has 2 rings (SSSR count). The van der Waals surface area contributed by atoms with E-state index >= 15 is 0 Å². The third kappa shape index (κ3) is 1.97. The molecule has 1 aliphatic heterocycles. The Balaban J connectivity index is 2.19. The van der Waals surface area contributed by atoms with Gasteiger partial charge in [-0.3, -0.25) is 4.79 Å². The summed E-state index contributed by atoms with van der Waals surface area (Å²) in [5.41, 5.74) is 0.146. The van der Waals surface area contributed by atoms with Gasteiger partial charge in [0.25, 0.3) is 0 Å². The second-order valence-electron chi connectivity index (χ2n) is 6.12. The summed E-state index contributed by atoms with van der Waals surface area (Å²) < 4.78 is 0. The Hall–Kier alpha value is -0.570. The Labute approximate surface area is 97.8 Å². The molecule has 1 saturated carbocycles. The summed E-state index contributed by atoms with van der Waals surface area (Å²) in [6.45, 7) is 6.58. The number of carbonyl (C=O) groups excluding carboxylic acids is 1. The zero-order valence-corrected chi connectivity index (χ0v) is 10.6. The number of aliphatic hydroxyl groups excluding tert-OH is 1. The first-order valence-electron chi connectivity index (χ1n) is 6.41. The maximum Gasteiger partial charge on any atom is 0.223 e. The van der Waals surface area contributed by atoms with Crippen molar-refractivity contribution >= 4 is 5.91 Å². The lowest BCUT2D eigenvalue weighted by molar-refractivity contribution is -0.136. The average molecular weight is 225 g/mol. The van der Waals surface area contributed by atoms with Crippen molar-refractivity contribution < 1.29 is 9.90 Å². The molecule has 3 unspecified atom stereocenters. The lowest BCUT2D eigenvalue weighted by Crippen LogP contribution is -2.52. The van der Waals surface area contributed by atoms with Crippen LogP contribution in [0.25, 0.3) is 0 Å². The van der Waals surface area contributed by atoms with E-state index in [1.807, 2.05) is 4.90 Å². The van der Waals surface area contributed by atoms with Gasteiger partial charge in [0.2, 0.25) is 5.91 Å². The Kier molecular flexibility index (Phi) is 2.99. The summed E-state index contributed by atoms with van der Waals surface area (Å²) in [4.78, 5) is 14.0. The lowest BCUT2D eigenvalue weighted by Gasteiger charge is -2.47. The highest BCUT2D eigenvalue weighted by atomic mass is 16.3. The zero-order valence-electron chi connectivity index (χ0n) is 10.6. The van der Waals surface area contributed by atoms with Crippen molar-refractivity contribution in [1.82, 2.24) is 4.90 Å². The van der Waals surface area contributed by atoms with Crippen molar-refractivity contribution in [3.63, 3.8) is 0 Å². The third-order valence-corrected chi connectivity index (χ3v) is 4.39. The van der Waals surface area contributed by atoms with Gasteiger partial charge in [-0.25, -0.2) is 0 Å². The van der Waals surface area contributed by atoms with Crippen molar-refractivity contribution in [2.75, 3.05) is 0 Å². The monoisotopic (exact) mass is 225 g/mol. The van der Waals surface area contributed by atoms with Gasteiger partial charge in [-0.05, 0) is 38.0 Å². The van der Waals surface area contributed by atoms with Gasteiger partial charge in [0.15, 0.2) is 0 Å². The van der Waals surface area contributed by atoms with E-state index in [1.165, 1.54) is 0 Å². The normalized spacial score (nSPS) is 39.1. The molecular formula is C13H23NO2. The van der Waals surface area contributed by atoms with Gasteiger partial charge in [-0.15, -0.1) is 0 Å². The van der Waals surface area contributed by atoms with Crippen molar-refractivity contribution in [3.05, 3.63) is 0 Å². The van der Waals surface area contributed by atoms with Crippen LogP contribution in [0.15, 0.2) is 0 Å². The highest BCUT2D eigenvalue weighted by molar-refractivity contribution is 5.79. The van der Waals surface area contributed by atoms with Crippen LogP contribution < -0.4 is 0 Å². The number of carbonyl (C=O) groups is 1. The van der Waals surface area contributed by atoms with Crippen LogP contribution in [0.5, 0.6) is 0 Å². The van der Waals surface area contributed by atoms with E-state index in [-0.39, 0.29) is 23.5 Å². The summed E-state index contributed by atoms with van der Waals surface area (Å²) in [5.74, 6) is 0.277. The van der Waals surface area contributed by atoms with E-state index in [4.69, 9.17) is 0 Å². The maximum absolute atomic E-state index is 11.9. The van der Waals surface area contributed by atoms with E-state index in [9.17, 15) is 9.90 Å². The molecule has 1 heterocycles. The minimum Gasteiger partial charge on any atom is -0.393 e. The van der Waals surface area contributed by atoms with Crippen LogP contribution in [0.3, 0.4) is 0 Å². The first-order chi connectivity index (χ1) is 7.42. The second kappa shape index (κ2) is 4.02. The van der Waals surface area contributed by atoms with Gasteiger partial charge in [-0.1, -0.05) is 13.8 Å². The minimum absolute atomic E-state index is 0.146. The Morgan fingerprint density at radius 2 is 2.06 bits per heavy atom. The van der Waals surface area contributed by atoms with Crippen LogP contribution >= 0.6 is 0 Å². The van der Waals surface area contributed by atoms with Crippen molar-refractivity contribution in [1.29, 1.82) is 0 Å². The standard InChI is InChI=1S/C13H23NO2/c1-9-4-5-12(16)14(9)11-8-10(15)6-7-13(11,2)3/h9-11,15H,4-8H2,1-3H3. The quantitative estimate of drug-likeness (QED) is 0.741. The Morgan fingerprint density at radius 3 is 2.62 bits per heavy atom. The molecule has 1 amide bonds. The third-order valence-electron chi connectivity index (χ3n) is 4.39. The van der Waals surface area contributed by atoms with Crippen LogP contribution in [0.4, 0.5) is 0 Å². The molecule has 2 fully saturated rings. The molecule has 3 atom stereocenters. The van der Waals surface area contributed by atoms with Crippen molar-refractivity contribution in [2.45, 2.75) is 71.1 Å². The van der Waals surface area contributed by atoms with Gasteiger partial charge in [-0.2, -0.15) is 0 Å². The highest BCUT2D eigenvalue weighted by Gasteiger charge is 2.44. The van der Waals surface area contributed by atoms with Gasteiger partial charge in [0.05, 0.1) is 6.10 Å². The van der Waals surface area contributed by atoms with Crippen LogP contribution in [-0.2, 0) is 4.79 Å². The van der Waals surface area contributed by atoms with Crippen LogP contribution in [0.1, 0.15) is 52.9 Å². The fourth-order valence-corrected chi connectivity index (χ4v) is 3.22. The number of amides is 1. The lowest BCUT2D eigenvalue weighted by atomic mass is 9.71. The molecule has 3 nitrogen and oxygen atoms in total. The smallest absolute Gasteiger partial charge is 0.223 e. The molecule has 1 saturated heterocycles. The molecule has 0 bridgehead atoms. The minimum atomic E-state index is -0.223. The average Bonchev–Trinajstić information content (AvgIpc) is 2.51. The van der Waals surface area contributed by atoms with E-state index in [0.29, 0.717) is 12.5 Å². The highest BCUT2D eigenvalue weighted by Crippen LogP contribution is 2.41. The second-order valence-corrected chi connectivity index (χ2v) is 6.12. The van der Waals surface area contributed by atoms with Gasteiger partial charge in [0.1, 0.15) is 0 Å². The number of likely N-dealkylation sites (tertiary alicyclic amines) is 1. The predicted molar refractivity (Wildman–Crippen MR) is 63.0 cm³/mol. The summed E-state index contributed by atoms with van der Waals surface area (Å²) in [5, 5.41) is 9.81. The fraction of sp³-hybridized carbons (Fsp3) is 0.923. The molecule has 0 radical (unpaired) electrons. The van der Waals surface area contributed by atoms with Crippen LogP contribution in [0.2, 0.25) is 0 Å². The van der Waals surface area contributed by atoms with Gasteiger partial charge in [0, 0.05) is 18.5 Å². The molecule has 16 heavy (non-hydrogen) atoms. The zero-order chi connectivity index (χ0) is 11.9. The molecule has 92 valence electrons. The largest absolute Gasteiger partial charge is 0.393 e. The molecule has 0 aromatic carbocycles. The number of nitrogens with zero attached hydrogens (tertiary/aromatic N) is 1. The van der Waals surface area contributed by atoms with Crippen LogP contribution in [-0.4, -0.2) is 34.1 Å². The molecule has 2 aliphatic rings. The topological polar surface area (TPSA) is 40.5 Å². The van der Waals surface area contributed by atoms with Crippen LogP contribution in [0, 0.1) is 5.41 Å². The first-order valence-corrected chi connectivity index (χ1v) is 6.41. The Morgan fingerprint density at radius 1 is 1.38 bits per heavy atom. The molecule has 0 spiro atoms. The fourth-order valence-electron chi connectivity index (χ4n) is 3.22. The van der Waals surface area contributed by atoms with Crippen molar-refractivity contribution in [3.8, 4) is 0 Å². The summed E-state index contributed by atoms with van der Waals surface area (Å²) in [7, 11) is 0. The van der Waals surface area contributed by atoms with E-state index in [1.54, 1.807) is 0 Å². The SMILES string of the molecule is CC1CCC(=O)N1C1CC(O)CCC1(C)C. The number of aliphatic hydroxyl groups is 1. The maximum atomic E-state index is 11.9. The molecule has 1 aliphatic carbocycles. The summed E-state index contributed by atoms with van der Waals surface area (Å²) >= 11 is 0. The molecule has 0 aromatic rings. The first kappa shape index (κ1) is 11.9. The number of hydrogen-bond donors (Lipinski definition) is 1. The van der Waals surface area contributed by atoms with Gasteiger partial charge < -0.3 is 10.0 Å². The Bertz CT molecular complexity index is 288. The van der Waals surface area contributed by atoms with Crippen molar-refractivity contribution in [2.24, 2.45) is 5.41 Å². The molecule has 0 aromatic heterocycles. The molecule has 1 N–H and O–H groups in total. The molecular weight excluding hydrogens is 202 g/mol.